The maximum Gasteiger partial charge on any atom is 0.265 e. The summed E-state index contributed by atoms with van der Waals surface area (Å²) in [7, 11) is 0.854. The summed E-state index contributed by atoms with van der Waals surface area (Å²) >= 11 is 5.52. The van der Waals surface area contributed by atoms with Crippen molar-refractivity contribution in [3.63, 3.8) is 0 Å². The molecule has 0 N–H and O–H groups in total. The largest absolute Gasteiger partial charge is 0.265 e. The van der Waals surface area contributed by atoms with Gasteiger partial charge < -0.3 is 0 Å². The molecule has 0 aromatic heterocycles. The summed E-state index contributed by atoms with van der Waals surface area (Å²) in [5.41, 5.74) is 0.534. The van der Waals surface area contributed by atoms with Crippen molar-refractivity contribution in [1.82, 2.24) is 0 Å². The summed E-state index contributed by atoms with van der Waals surface area (Å²) in [4.78, 5) is -0.665. The SMILES string of the molecule is Cc1cc(F)c(S(=O)(=O)Cl)c(Cl)c1. The third kappa shape index (κ3) is 2.33. The molecule has 0 heterocycles. The summed E-state index contributed by atoms with van der Waals surface area (Å²) in [5, 5.41) is -0.201. The molecule has 0 saturated heterocycles. The molecule has 0 aliphatic carbocycles. The number of aryl methyl sites for hydroxylation is 1. The molecule has 72 valence electrons. The van der Waals surface area contributed by atoms with Crippen molar-refractivity contribution in [3.05, 3.63) is 28.5 Å². The summed E-state index contributed by atoms with van der Waals surface area (Å²) in [6, 6.07) is 2.39. The molecule has 0 radical (unpaired) electrons. The van der Waals surface area contributed by atoms with E-state index in [0.29, 0.717) is 5.56 Å². The van der Waals surface area contributed by atoms with Gasteiger partial charge in [-0.3, -0.25) is 0 Å². The van der Waals surface area contributed by atoms with E-state index >= 15 is 0 Å². The molecule has 1 aromatic rings. The van der Waals surface area contributed by atoms with Crippen LogP contribution < -0.4 is 0 Å². The monoisotopic (exact) mass is 242 g/mol. The molecule has 1 aromatic carbocycles. The second-order valence-electron chi connectivity index (χ2n) is 2.50. The first-order valence-electron chi connectivity index (χ1n) is 3.22. The maximum atomic E-state index is 13.1. The van der Waals surface area contributed by atoms with Crippen LogP contribution in [0.2, 0.25) is 5.02 Å². The van der Waals surface area contributed by atoms with Gasteiger partial charge in [0.15, 0.2) is 0 Å². The highest BCUT2D eigenvalue weighted by atomic mass is 35.7. The molecule has 2 nitrogen and oxygen atoms in total. The molecule has 0 spiro atoms. The number of hydrogen-bond acceptors (Lipinski definition) is 2. The van der Waals surface area contributed by atoms with E-state index in [9.17, 15) is 12.8 Å². The Bertz CT molecular complexity index is 419. The van der Waals surface area contributed by atoms with Gasteiger partial charge in [0.2, 0.25) is 0 Å². The number of rotatable bonds is 1. The van der Waals surface area contributed by atoms with Crippen molar-refractivity contribution in [2.75, 3.05) is 0 Å². The second-order valence-corrected chi connectivity index (χ2v) is 5.41. The standard InChI is InChI=1S/C7H5Cl2FO2S/c1-4-2-5(8)7(6(10)3-4)13(9,11)12/h2-3H,1H3. The van der Waals surface area contributed by atoms with Crippen LogP contribution in [0.3, 0.4) is 0 Å². The zero-order valence-corrected chi connectivity index (χ0v) is 8.84. The van der Waals surface area contributed by atoms with Gasteiger partial charge in [0.05, 0.1) is 5.02 Å². The molecule has 0 aliphatic heterocycles. The highest BCUT2D eigenvalue weighted by Gasteiger charge is 2.20. The topological polar surface area (TPSA) is 34.1 Å². The Morgan fingerprint density at radius 3 is 2.31 bits per heavy atom. The van der Waals surface area contributed by atoms with Gasteiger partial charge in [-0.2, -0.15) is 0 Å². The molecule has 13 heavy (non-hydrogen) atoms. The van der Waals surface area contributed by atoms with Crippen LogP contribution in [-0.2, 0) is 9.05 Å². The van der Waals surface area contributed by atoms with Crippen molar-refractivity contribution in [3.8, 4) is 0 Å². The Kier molecular flexibility index (Phi) is 2.85. The smallest absolute Gasteiger partial charge is 0.207 e. The Balaban J connectivity index is 3.57. The predicted molar refractivity (Wildman–Crippen MR) is 49.2 cm³/mol. The van der Waals surface area contributed by atoms with Gasteiger partial charge in [-0.1, -0.05) is 11.6 Å². The van der Waals surface area contributed by atoms with Gasteiger partial charge in [0.1, 0.15) is 10.7 Å². The van der Waals surface area contributed by atoms with Crippen molar-refractivity contribution >= 4 is 31.3 Å². The van der Waals surface area contributed by atoms with Gasteiger partial charge in [0, 0.05) is 10.7 Å². The van der Waals surface area contributed by atoms with E-state index in [1.807, 2.05) is 0 Å². The molecule has 0 bridgehead atoms. The fourth-order valence-electron chi connectivity index (χ4n) is 0.920. The predicted octanol–water partition coefficient (Wildman–Crippen LogP) is 2.72. The molecule has 0 aliphatic rings. The lowest BCUT2D eigenvalue weighted by atomic mass is 10.2. The summed E-state index contributed by atoms with van der Waals surface area (Å²) in [6.45, 7) is 1.60. The Morgan fingerprint density at radius 2 is 1.92 bits per heavy atom. The maximum absolute atomic E-state index is 13.1. The summed E-state index contributed by atoms with van der Waals surface area (Å²) in [6.07, 6.45) is 0. The Labute approximate surface area is 84.7 Å². The van der Waals surface area contributed by atoms with Crippen LogP contribution in [0.4, 0.5) is 4.39 Å². The van der Waals surface area contributed by atoms with Crippen molar-refractivity contribution < 1.29 is 12.8 Å². The minimum absolute atomic E-state index is 0.201. The lowest BCUT2D eigenvalue weighted by Crippen LogP contribution is -1.97. The van der Waals surface area contributed by atoms with Crippen LogP contribution in [0.15, 0.2) is 17.0 Å². The van der Waals surface area contributed by atoms with Crippen molar-refractivity contribution in [1.29, 1.82) is 0 Å². The van der Waals surface area contributed by atoms with Crippen molar-refractivity contribution in [2.45, 2.75) is 11.8 Å². The normalized spacial score (nSPS) is 11.7. The van der Waals surface area contributed by atoms with Crippen LogP contribution >= 0.6 is 22.3 Å². The van der Waals surface area contributed by atoms with Gasteiger partial charge in [0.25, 0.3) is 9.05 Å². The quantitative estimate of drug-likeness (QED) is 0.710. The molecule has 1 rings (SSSR count). The van der Waals surface area contributed by atoms with E-state index in [0.717, 1.165) is 6.07 Å². The molecular formula is C7H5Cl2FO2S. The molecule has 0 unspecified atom stereocenters. The zero-order chi connectivity index (χ0) is 10.2. The minimum atomic E-state index is -4.12. The lowest BCUT2D eigenvalue weighted by Gasteiger charge is -2.02. The first-order valence-corrected chi connectivity index (χ1v) is 5.91. The van der Waals surface area contributed by atoms with Crippen LogP contribution in [0, 0.1) is 12.7 Å². The van der Waals surface area contributed by atoms with E-state index in [1.165, 1.54) is 6.07 Å². The van der Waals surface area contributed by atoms with Crippen LogP contribution in [-0.4, -0.2) is 8.42 Å². The van der Waals surface area contributed by atoms with E-state index in [1.54, 1.807) is 6.92 Å². The number of hydrogen-bond donors (Lipinski definition) is 0. The van der Waals surface area contributed by atoms with Gasteiger partial charge in [-0.25, -0.2) is 12.8 Å². The fourth-order valence-corrected chi connectivity index (χ4v) is 2.66. The average Bonchev–Trinajstić information content (AvgIpc) is 1.78. The van der Waals surface area contributed by atoms with E-state index in [2.05, 4.69) is 0 Å². The third-order valence-corrected chi connectivity index (χ3v) is 3.16. The third-order valence-electron chi connectivity index (χ3n) is 1.39. The highest BCUT2D eigenvalue weighted by molar-refractivity contribution is 8.13. The number of halogens is 3. The highest BCUT2D eigenvalue weighted by Crippen LogP contribution is 2.28. The molecule has 0 atom stereocenters. The summed E-state index contributed by atoms with van der Waals surface area (Å²) < 4.78 is 34.7. The second kappa shape index (κ2) is 3.44. The summed E-state index contributed by atoms with van der Waals surface area (Å²) in [5.74, 6) is -0.931. The average molecular weight is 243 g/mol. The zero-order valence-electron chi connectivity index (χ0n) is 6.51. The lowest BCUT2D eigenvalue weighted by molar-refractivity contribution is 0.575. The van der Waals surface area contributed by atoms with Crippen LogP contribution in [0.25, 0.3) is 0 Å². The Hall–Kier alpha value is -0.320. The Morgan fingerprint density at radius 1 is 1.38 bits per heavy atom. The van der Waals surface area contributed by atoms with Gasteiger partial charge >= 0.3 is 0 Å². The first-order chi connectivity index (χ1) is 5.82. The van der Waals surface area contributed by atoms with E-state index in [4.69, 9.17) is 22.3 Å². The molecular weight excluding hydrogens is 238 g/mol. The fraction of sp³-hybridized carbons (Fsp3) is 0.143. The van der Waals surface area contributed by atoms with Gasteiger partial charge in [-0.15, -0.1) is 0 Å². The van der Waals surface area contributed by atoms with Crippen LogP contribution in [0.5, 0.6) is 0 Å². The molecule has 0 fully saturated rings. The van der Waals surface area contributed by atoms with Crippen LogP contribution in [0.1, 0.15) is 5.56 Å². The minimum Gasteiger partial charge on any atom is -0.207 e. The van der Waals surface area contributed by atoms with E-state index < -0.39 is 19.8 Å². The molecule has 0 amide bonds. The van der Waals surface area contributed by atoms with Gasteiger partial charge in [-0.05, 0) is 24.6 Å². The molecule has 6 heteroatoms. The molecule has 0 saturated carbocycles. The first kappa shape index (κ1) is 10.8. The number of benzene rings is 1. The van der Waals surface area contributed by atoms with Crippen molar-refractivity contribution in [2.24, 2.45) is 0 Å². The van der Waals surface area contributed by atoms with E-state index in [-0.39, 0.29) is 5.02 Å².